The molecule has 1 fully saturated rings. The molecule has 8 nitrogen and oxygen atoms in total. The molecule has 43 heavy (non-hydrogen) atoms. The standard InChI is InChI=1S/C31H35F3N4O4S/c1-37(2)24-14-12-23(13-15-24)35-29(39)27(19-21-10-16-25(42-3)17-11-21)36-30(40)28-9-4-5-18-38(28)43(41)26-8-6-7-22(20-26)31(32,33)34/h6-8,10-17,20,27-28H,4-5,9,18-19H2,1-3H3,(H,35,39)(H,36,40)/t27-,28-,43?/m0/s1. The maximum Gasteiger partial charge on any atom is 0.416 e. The van der Waals surface area contributed by atoms with Gasteiger partial charge in [-0.15, -0.1) is 0 Å². The summed E-state index contributed by atoms with van der Waals surface area (Å²) in [7, 11) is 3.34. The Kier molecular flexibility index (Phi) is 10.5. The second-order valence-corrected chi connectivity index (χ2v) is 11.9. The number of carbonyl (C=O) groups is 2. The first-order valence-corrected chi connectivity index (χ1v) is 14.9. The molecule has 12 heteroatoms. The monoisotopic (exact) mass is 616 g/mol. The van der Waals surface area contributed by atoms with Gasteiger partial charge in [-0.25, -0.2) is 8.51 Å². The van der Waals surface area contributed by atoms with Gasteiger partial charge in [-0.05, 0) is 73.0 Å². The Hall–Kier alpha value is -3.90. The van der Waals surface area contributed by atoms with Gasteiger partial charge in [-0.3, -0.25) is 9.59 Å². The lowest BCUT2D eigenvalue weighted by molar-refractivity contribution is -0.137. The lowest BCUT2D eigenvalue weighted by atomic mass is 10.0. The summed E-state index contributed by atoms with van der Waals surface area (Å²) in [5.41, 5.74) is 1.37. The van der Waals surface area contributed by atoms with E-state index in [0.29, 0.717) is 30.7 Å². The van der Waals surface area contributed by atoms with E-state index in [-0.39, 0.29) is 17.9 Å². The first kappa shape index (κ1) is 32.0. The third-order valence-electron chi connectivity index (χ3n) is 7.22. The number of rotatable bonds is 10. The fraction of sp³-hybridized carbons (Fsp3) is 0.355. The number of benzene rings is 3. The highest BCUT2D eigenvalue weighted by molar-refractivity contribution is 7.82. The first-order valence-electron chi connectivity index (χ1n) is 13.8. The molecule has 3 atom stereocenters. The Morgan fingerprint density at radius 3 is 2.37 bits per heavy atom. The van der Waals surface area contributed by atoms with Gasteiger partial charge >= 0.3 is 6.18 Å². The van der Waals surface area contributed by atoms with Gasteiger partial charge in [-0.2, -0.15) is 13.2 Å². The minimum atomic E-state index is -4.59. The van der Waals surface area contributed by atoms with Crippen LogP contribution in [0.15, 0.2) is 77.7 Å². The number of anilines is 2. The van der Waals surface area contributed by atoms with Crippen LogP contribution in [-0.4, -0.2) is 60.2 Å². The van der Waals surface area contributed by atoms with Gasteiger partial charge < -0.3 is 20.3 Å². The van der Waals surface area contributed by atoms with Crippen LogP contribution in [0.5, 0.6) is 5.75 Å². The van der Waals surface area contributed by atoms with E-state index in [2.05, 4.69) is 10.6 Å². The summed E-state index contributed by atoms with van der Waals surface area (Å²) in [6.45, 7) is 0.258. The van der Waals surface area contributed by atoms with Crippen molar-refractivity contribution in [3.8, 4) is 5.75 Å². The topological polar surface area (TPSA) is 91.0 Å². The molecule has 0 aromatic heterocycles. The summed E-state index contributed by atoms with van der Waals surface area (Å²) in [5, 5.41) is 5.70. The minimum absolute atomic E-state index is 0.0387. The lowest BCUT2D eigenvalue weighted by Gasteiger charge is -2.34. The third kappa shape index (κ3) is 8.35. The van der Waals surface area contributed by atoms with Crippen molar-refractivity contribution in [1.82, 2.24) is 9.62 Å². The zero-order valence-electron chi connectivity index (χ0n) is 24.2. The molecule has 1 unspecified atom stereocenters. The van der Waals surface area contributed by atoms with Gasteiger partial charge in [0.15, 0.2) is 0 Å². The molecule has 0 bridgehead atoms. The van der Waals surface area contributed by atoms with Crippen LogP contribution in [-0.2, 0) is 33.2 Å². The second kappa shape index (κ2) is 14.0. The Bertz CT molecular complexity index is 1430. The van der Waals surface area contributed by atoms with Crippen molar-refractivity contribution in [3.05, 3.63) is 83.9 Å². The average Bonchev–Trinajstić information content (AvgIpc) is 3.00. The highest BCUT2D eigenvalue weighted by atomic mass is 32.2. The SMILES string of the molecule is COc1ccc(C[C@H](NC(=O)[C@@H]2CCCCN2S(=O)c2cccc(C(F)(F)F)c2)C(=O)Nc2ccc(N(C)C)cc2)cc1. The number of hydrogen-bond donors (Lipinski definition) is 2. The minimum Gasteiger partial charge on any atom is -0.497 e. The average molecular weight is 617 g/mol. The molecule has 2 amide bonds. The fourth-order valence-electron chi connectivity index (χ4n) is 4.83. The molecule has 4 rings (SSSR count). The molecular weight excluding hydrogens is 581 g/mol. The molecule has 0 spiro atoms. The van der Waals surface area contributed by atoms with Gasteiger partial charge in [0.25, 0.3) is 0 Å². The van der Waals surface area contributed by atoms with E-state index in [1.165, 1.54) is 16.4 Å². The molecule has 0 radical (unpaired) electrons. The van der Waals surface area contributed by atoms with Crippen LogP contribution in [0.4, 0.5) is 24.5 Å². The predicted molar refractivity (Wildman–Crippen MR) is 160 cm³/mol. The Balaban J connectivity index is 1.55. The lowest BCUT2D eigenvalue weighted by Crippen LogP contribution is -2.55. The molecule has 1 heterocycles. The molecule has 1 saturated heterocycles. The largest absolute Gasteiger partial charge is 0.497 e. The van der Waals surface area contributed by atoms with Gasteiger partial charge in [0.2, 0.25) is 11.8 Å². The quantitative estimate of drug-likeness (QED) is 0.334. The summed E-state index contributed by atoms with van der Waals surface area (Å²) >= 11 is 0. The molecule has 1 aliphatic heterocycles. The molecule has 0 aliphatic carbocycles. The highest BCUT2D eigenvalue weighted by Crippen LogP contribution is 2.31. The predicted octanol–water partition coefficient (Wildman–Crippen LogP) is 5.02. The second-order valence-electron chi connectivity index (χ2n) is 10.5. The van der Waals surface area contributed by atoms with Crippen molar-refractivity contribution >= 4 is 34.2 Å². The smallest absolute Gasteiger partial charge is 0.416 e. The normalized spacial score (nSPS) is 17.0. The van der Waals surface area contributed by atoms with Crippen molar-refractivity contribution in [2.24, 2.45) is 0 Å². The van der Waals surface area contributed by atoms with Crippen molar-refractivity contribution in [1.29, 1.82) is 0 Å². The summed E-state index contributed by atoms with van der Waals surface area (Å²) < 4.78 is 60.0. The van der Waals surface area contributed by atoms with E-state index in [1.807, 2.05) is 31.1 Å². The van der Waals surface area contributed by atoms with Crippen LogP contribution in [0.25, 0.3) is 0 Å². The van der Waals surface area contributed by atoms with E-state index in [4.69, 9.17) is 4.74 Å². The number of alkyl halides is 3. The first-order chi connectivity index (χ1) is 20.5. The van der Waals surface area contributed by atoms with Crippen LogP contribution in [0, 0.1) is 0 Å². The van der Waals surface area contributed by atoms with E-state index in [0.717, 1.165) is 23.4 Å². The van der Waals surface area contributed by atoms with Gasteiger partial charge in [0.05, 0.1) is 17.6 Å². The number of carbonyl (C=O) groups excluding carboxylic acids is 2. The number of methoxy groups -OCH3 is 1. The number of nitrogens with one attached hydrogen (secondary N) is 2. The Morgan fingerprint density at radius 1 is 1.05 bits per heavy atom. The number of amides is 2. The molecule has 3 aromatic carbocycles. The van der Waals surface area contributed by atoms with Crippen molar-refractivity contribution in [3.63, 3.8) is 0 Å². The van der Waals surface area contributed by atoms with Crippen LogP contribution >= 0.6 is 0 Å². The summed E-state index contributed by atoms with van der Waals surface area (Å²) in [5.74, 6) is -0.315. The highest BCUT2D eigenvalue weighted by Gasteiger charge is 2.36. The molecule has 2 N–H and O–H groups in total. The Labute approximate surface area is 251 Å². The zero-order valence-corrected chi connectivity index (χ0v) is 25.0. The van der Waals surface area contributed by atoms with Crippen LogP contribution < -0.4 is 20.3 Å². The van der Waals surface area contributed by atoms with E-state index in [9.17, 15) is 27.0 Å². The zero-order chi connectivity index (χ0) is 31.1. The van der Waals surface area contributed by atoms with Crippen molar-refractivity contribution in [2.75, 3.05) is 38.0 Å². The summed E-state index contributed by atoms with van der Waals surface area (Å²) in [6.07, 6.45) is -2.77. The maximum atomic E-state index is 13.7. The Morgan fingerprint density at radius 2 is 1.74 bits per heavy atom. The molecular formula is C31H35F3N4O4S. The van der Waals surface area contributed by atoms with E-state index < -0.39 is 46.6 Å². The van der Waals surface area contributed by atoms with Gasteiger partial charge in [0.1, 0.15) is 28.8 Å². The van der Waals surface area contributed by atoms with E-state index in [1.54, 1.807) is 43.5 Å². The van der Waals surface area contributed by atoms with Crippen LogP contribution in [0.3, 0.4) is 0 Å². The molecule has 0 saturated carbocycles. The number of halogens is 3. The number of nitrogens with zero attached hydrogens (tertiary/aromatic N) is 2. The fourth-order valence-corrected chi connectivity index (χ4v) is 6.25. The number of piperidine rings is 1. The maximum absolute atomic E-state index is 13.7. The number of hydrogen-bond acceptors (Lipinski definition) is 5. The number of ether oxygens (including phenoxy) is 1. The summed E-state index contributed by atoms with van der Waals surface area (Å²) in [6, 6.07) is 16.8. The van der Waals surface area contributed by atoms with Crippen molar-refractivity contribution < 1.29 is 31.7 Å². The third-order valence-corrected chi connectivity index (χ3v) is 8.74. The van der Waals surface area contributed by atoms with E-state index >= 15 is 0 Å². The molecule has 230 valence electrons. The van der Waals surface area contributed by atoms with Crippen molar-refractivity contribution in [2.45, 2.75) is 48.8 Å². The van der Waals surface area contributed by atoms with Gasteiger partial charge in [-0.1, -0.05) is 24.6 Å². The summed E-state index contributed by atoms with van der Waals surface area (Å²) in [4.78, 5) is 29.1. The van der Waals surface area contributed by atoms with Gasteiger partial charge in [0, 0.05) is 38.4 Å². The van der Waals surface area contributed by atoms with Crippen LogP contribution in [0.2, 0.25) is 0 Å². The molecule has 3 aromatic rings. The molecule has 1 aliphatic rings. The van der Waals surface area contributed by atoms with Crippen LogP contribution in [0.1, 0.15) is 30.4 Å².